The normalized spacial score (nSPS) is 11.0. The molecule has 0 bridgehead atoms. The van der Waals surface area contributed by atoms with Crippen molar-refractivity contribution < 1.29 is 9.53 Å². The molecule has 0 amide bonds. The van der Waals surface area contributed by atoms with E-state index in [1.165, 1.54) is 28.9 Å². The van der Waals surface area contributed by atoms with Gasteiger partial charge >= 0.3 is 5.97 Å². The van der Waals surface area contributed by atoms with Crippen molar-refractivity contribution in [2.45, 2.75) is 6.61 Å². The first-order chi connectivity index (χ1) is 14.3. The lowest BCUT2D eigenvalue weighted by Crippen LogP contribution is -2.10. The number of para-hydroxylation sites is 1. The lowest BCUT2D eigenvalue weighted by atomic mass is 10.3. The summed E-state index contributed by atoms with van der Waals surface area (Å²) in [5, 5.41) is 7.49. The Morgan fingerprint density at radius 1 is 1.00 bits per heavy atom. The molecule has 5 rings (SSSR count). The highest BCUT2D eigenvalue weighted by atomic mass is 32.1. The number of hydrogen-bond acceptors (Lipinski definition) is 9. The maximum Gasteiger partial charge on any atom is 0.359 e. The van der Waals surface area contributed by atoms with Crippen LogP contribution in [-0.2, 0) is 11.3 Å². The van der Waals surface area contributed by atoms with E-state index in [0.717, 1.165) is 20.8 Å². The predicted molar refractivity (Wildman–Crippen MR) is 115 cm³/mol. The van der Waals surface area contributed by atoms with E-state index >= 15 is 0 Å². The average Bonchev–Trinajstić information content (AvgIpc) is 3.52. The fourth-order valence-electron chi connectivity index (χ4n) is 2.72. The summed E-state index contributed by atoms with van der Waals surface area (Å²) >= 11 is 4.61. The third-order valence-corrected chi connectivity index (χ3v) is 6.73. The summed E-state index contributed by atoms with van der Waals surface area (Å²) in [4.78, 5) is 30.3. The third-order valence-electron chi connectivity index (χ3n) is 4.06. The number of carbonyl (C=O) groups is 1. The van der Waals surface area contributed by atoms with Crippen molar-refractivity contribution in [3.63, 3.8) is 0 Å². The zero-order chi connectivity index (χ0) is 19.6. The Morgan fingerprint density at radius 2 is 1.90 bits per heavy atom. The molecule has 0 fully saturated rings. The van der Waals surface area contributed by atoms with E-state index in [1.807, 2.05) is 46.5 Å². The monoisotopic (exact) mass is 436 g/mol. The molecule has 9 heteroatoms. The Labute approximate surface area is 177 Å². The number of carbonyl (C=O) groups excluding carboxylic acids is 1. The van der Waals surface area contributed by atoms with Crippen LogP contribution in [0.25, 0.3) is 31.5 Å². The first kappa shape index (κ1) is 18.0. The van der Waals surface area contributed by atoms with Crippen LogP contribution in [0.4, 0.5) is 0 Å². The molecule has 1 aromatic carbocycles. The average molecular weight is 437 g/mol. The molecule has 29 heavy (non-hydrogen) atoms. The minimum atomic E-state index is -0.544. The zero-order valence-corrected chi connectivity index (χ0v) is 17.3. The minimum absolute atomic E-state index is 0.0787. The van der Waals surface area contributed by atoms with Crippen LogP contribution in [0.5, 0.6) is 0 Å². The number of benzene rings is 1. The van der Waals surface area contributed by atoms with Gasteiger partial charge in [0.15, 0.2) is 5.69 Å². The third kappa shape index (κ3) is 3.67. The summed E-state index contributed by atoms with van der Waals surface area (Å²) in [5.41, 5.74) is 3.22. The predicted octanol–water partition coefficient (Wildman–Crippen LogP) is 5.30. The first-order valence-electron chi connectivity index (χ1n) is 8.59. The van der Waals surface area contributed by atoms with Crippen LogP contribution < -0.4 is 0 Å². The van der Waals surface area contributed by atoms with Crippen molar-refractivity contribution in [2.75, 3.05) is 0 Å². The highest BCUT2D eigenvalue weighted by Crippen LogP contribution is 2.30. The van der Waals surface area contributed by atoms with Gasteiger partial charge in [-0.25, -0.2) is 24.7 Å². The van der Waals surface area contributed by atoms with Gasteiger partial charge in [-0.15, -0.1) is 22.7 Å². The molecule has 0 saturated heterocycles. The topological polar surface area (TPSA) is 77.9 Å². The molecule has 0 N–H and O–H groups in total. The van der Waals surface area contributed by atoms with Crippen molar-refractivity contribution in [1.82, 2.24) is 19.9 Å². The molecule has 0 unspecified atom stereocenters. The second kappa shape index (κ2) is 7.78. The maximum atomic E-state index is 12.7. The second-order valence-corrected chi connectivity index (χ2v) is 8.64. The Hall–Kier alpha value is -3.01. The van der Waals surface area contributed by atoms with E-state index in [1.54, 1.807) is 17.5 Å². The molecule has 0 spiro atoms. The van der Waals surface area contributed by atoms with Crippen LogP contribution >= 0.6 is 34.0 Å². The first-order valence-corrected chi connectivity index (χ1v) is 11.2. The number of esters is 1. The summed E-state index contributed by atoms with van der Waals surface area (Å²) < 4.78 is 6.49. The van der Waals surface area contributed by atoms with Crippen molar-refractivity contribution >= 4 is 50.2 Å². The van der Waals surface area contributed by atoms with Gasteiger partial charge in [0.2, 0.25) is 0 Å². The minimum Gasteiger partial charge on any atom is -0.454 e. The number of thiophene rings is 1. The van der Waals surface area contributed by atoms with Gasteiger partial charge in [-0.1, -0.05) is 12.1 Å². The molecule has 0 saturated carbocycles. The van der Waals surface area contributed by atoms with Gasteiger partial charge in [0.05, 0.1) is 15.9 Å². The maximum absolute atomic E-state index is 12.7. The molecule has 0 aliphatic heterocycles. The Balaban J connectivity index is 1.36. The van der Waals surface area contributed by atoms with Gasteiger partial charge in [0.1, 0.15) is 22.3 Å². The van der Waals surface area contributed by atoms with Gasteiger partial charge in [-0.3, -0.25) is 0 Å². The van der Waals surface area contributed by atoms with E-state index in [0.29, 0.717) is 16.4 Å². The Bertz CT molecular complexity index is 1260. The number of hydrogen-bond donors (Lipinski definition) is 0. The number of rotatable bonds is 5. The molecule has 4 aromatic heterocycles. The second-order valence-electron chi connectivity index (χ2n) is 5.97. The van der Waals surface area contributed by atoms with Crippen molar-refractivity contribution in [1.29, 1.82) is 0 Å². The molecule has 0 aliphatic carbocycles. The quantitative estimate of drug-likeness (QED) is 0.348. The Kier molecular flexibility index (Phi) is 4.84. The van der Waals surface area contributed by atoms with Gasteiger partial charge in [0, 0.05) is 28.7 Å². The van der Waals surface area contributed by atoms with Crippen LogP contribution in [0.15, 0.2) is 58.9 Å². The van der Waals surface area contributed by atoms with Crippen molar-refractivity contribution in [3.8, 4) is 21.3 Å². The number of fused-ring (bicyclic) bond motifs is 1. The van der Waals surface area contributed by atoms with E-state index in [4.69, 9.17) is 4.74 Å². The van der Waals surface area contributed by atoms with Crippen molar-refractivity contribution in [3.05, 3.63) is 70.3 Å². The molecule has 0 radical (unpaired) electrons. The van der Waals surface area contributed by atoms with E-state index in [9.17, 15) is 4.79 Å². The number of aromatic nitrogens is 4. The summed E-state index contributed by atoms with van der Waals surface area (Å²) in [7, 11) is 0. The lowest BCUT2D eigenvalue weighted by molar-refractivity contribution is 0.0462. The molecule has 6 nitrogen and oxygen atoms in total. The number of nitrogens with zero attached hydrogens (tertiary/aromatic N) is 4. The molecule has 0 aliphatic rings. The van der Waals surface area contributed by atoms with Crippen LogP contribution in [0.1, 0.15) is 16.2 Å². The summed E-state index contributed by atoms with van der Waals surface area (Å²) in [6.07, 6.45) is 3.02. The SMILES string of the molecule is O=C(OCc1csc(-c2ccsc2)n1)c1nccnc1-c1nc2ccccc2s1. The molecule has 0 atom stereocenters. The standard InChI is InChI=1S/C20H12N4O2S3/c25-20(26-9-13-11-28-18(23-13)12-5-8-27-10-12)17-16(21-6-7-22-17)19-24-14-3-1-2-4-15(14)29-19/h1-8,10-11H,9H2. The summed E-state index contributed by atoms with van der Waals surface area (Å²) in [6.45, 7) is 0.0787. The molecule has 142 valence electrons. The van der Waals surface area contributed by atoms with E-state index in [2.05, 4.69) is 19.9 Å². The molecule has 4 heterocycles. The Morgan fingerprint density at radius 3 is 2.76 bits per heavy atom. The van der Waals surface area contributed by atoms with Crippen LogP contribution in [0.2, 0.25) is 0 Å². The van der Waals surface area contributed by atoms with Crippen LogP contribution in [-0.4, -0.2) is 25.9 Å². The fraction of sp³-hybridized carbons (Fsp3) is 0.0500. The summed E-state index contributed by atoms with van der Waals surface area (Å²) in [6, 6.07) is 9.81. The zero-order valence-electron chi connectivity index (χ0n) is 14.8. The van der Waals surface area contributed by atoms with Gasteiger partial charge in [-0.05, 0) is 23.6 Å². The molecular formula is C20H12N4O2S3. The molecule has 5 aromatic rings. The van der Waals surface area contributed by atoms with Crippen molar-refractivity contribution in [2.24, 2.45) is 0 Å². The largest absolute Gasteiger partial charge is 0.454 e. The smallest absolute Gasteiger partial charge is 0.359 e. The number of ether oxygens (including phenoxy) is 1. The lowest BCUT2D eigenvalue weighted by Gasteiger charge is -2.05. The number of thiazole rings is 2. The molecular weight excluding hydrogens is 424 g/mol. The van der Waals surface area contributed by atoms with E-state index < -0.39 is 5.97 Å². The van der Waals surface area contributed by atoms with Gasteiger partial charge < -0.3 is 4.74 Å². The summed E-state index contributed by atoms with van der Waals surface area (Å²) in [5.74, 6) is -0.544. The highest BCUT2D eigenvalue weighted by molar-refractivity contribution is 7.21. The van der Waals surface area contributed by atoms with Gasteiger partial charge in [0.25, 0.3) is 0 Å². The van der Waals surface area contributed by atoms with E-state index in [-0.39, 0.29) is 12.3 Å². The van der Waals surface area contributed by atoms with Crippen LogP contribution in [0, 0.1) is 0 Å². The fourth-order valence-corrected chi connectivity index (χ4v) is 5.20. The van der Waals surface area contributed by atoms with Gasteiger partial charge in [-0.2, -0.15) is 11.3 Å². The highest BCUT2D eigenvalue weighted by Gasteiger charge is 2.20. The van der Waals surface area contributed by atoms with Crippen LogP contribution in [0.3, 0.4) is 0 Å².